The predicted octanol–water partition coefficient (Wildman–Crippen LogP) is 2.35. The molecule has 1 unspecified atom stereocenters. The number of aryl methyl sites for hydroxylation is 2. The van der Waals surface area contributed by atoms with Crippen molar-refractivity contribution in [3.8, 4) is 5.75 Å². The van der Waals surface area contributed by atoms with E-state index in [4.69, 9.17) is 9.47 Å². The van der Waals surface area contributed by atoms with Crippen LogP contribution in [0.3, 0.4) is 0 Å². The zero-order valence-corrected chi connectivity index (χ0v) is 21.0. The van der Waals surface area contributed by atoms with Gasteiger partial charge in [-0.05, 0) is 50.3 Å². The number of amides is 1. The highest BCUT2D eigenvalue weighted by molar-refractivity contribution is 7.89. The predicted molar refractivity (Wildman–Crippen MR) is 127 cm³/mol. The number of imidazole rings is 1. The molecule has 3 heterocycles. The number of sulfonamides is 1. The molecule has 1 atom stereocenters. The Balaban J connectivity index is 1.44. The van der Waals surface area contributed by atoms with E-state index in [1.165, 1.54) is 4.31 Å². The van der Waals surface area contributed by atoms with Crippen LogP contribution < -0.4 is 4.74 Å². The van der Waals surface area contributed by atoms with E-state index >= 15 is 0 Å². The Labute approximate surface area is 201 Å². The zero-order valence-electron chi connectivity index (χ0n) is 20.1. The molecule has 2 aromatic rings. The average molecular weight is 491 g/mol. The maximum Gasteiger partial charge on any atom is 0.262 e. The van der Waals surface area contributed by atoms with Crippen LogP contribution in [0.1, 0.15) is 37.1 Å². The Bertz CT molecular complexity index is 1080. The van der Waals surface area contributed by atoms with E-state index in [-0.39, 0.29) is 23.0 Å². The Morgan fingerprint density at radius 1 is 1.26 bits per heavy atom. The van der Waals surface area contributed by atoms with Crippen molar-refractivity contribution in [3.05, 3.63) is 41.9 Å². The van der Waals surface area contributed by atoms with Crippen LogP contribution in [-0.2, 0) is 33.1 Å². The van der Waals surface area contributed by atoms with Gasteiger partial charge in [0.1, 0.15) is 11.6 Å². The number of carbonyl (C=O) groups excluding carboxylic acids is 1. The number of nitrogens with zero attached hydrogens (tertiary/aromatic N) is 4. The number of rotatable bonds is 8. The van der Waals surface area contributed by atoms with Crippen LogP contribution in [0.2, 0.25) is 0 Å². The van der Waals surface area contributed by atoms with Crippen LogP contribution in [0.5, 0.6) is 5.75 Å². The average Bonchev–Trinajstić information content (AvgIpc) is 3.48. The lowest BCUT2D eigenvalue weighted by Gasteiger charge is -2.34. The van der Waals surface area contributed by atoms with Gasteiger partial charge in [-0.1, -0.05) is 12.1 Å². The van der Waals surface area contributed by atoms with E-state index < -0.39 is 10.0 Å². The zero-order chi connectivity index (χ0) is 24.3. The second kappa shape index (κ2) is 10.5. The molecule has 0 N–H and O–H groups in total. The summed E-state index contributed by atoms with van der Waals surface area (Å²) in [6, 6.07) is 7.74. The maximum absolute atomic E-state index is 13.6. The van der Waals surface area contributed by atoms with Crippen molar-refractivity contribution in [1.29, 1.82) is 0 Å². The number of piperidine rings is 1. The van der Waals surface area contributed by atoms with E-state index in [1.807, 2.05) is 29.2 Å². The third kappa shape index (κ3) is 5.45. The van der Waals surface area contributed by atoms with Gasteiger partial charge in [0.2, 0.25) is 5.91 Å². The third-order valence-corrected chi connectivity index (χ3v) is 8.53. The first-order valence-corrected chi connectivity index (χ1v) is 13.3. The topological polar surface area (TPSA) is 94.0 Å². The summed E-state index contributed by atoms with van der Waals surface area (Å²) in [7, 11) is -0.263. The molecule has 2 saturated heterocycles. The van der Waals surface area contributed by atoms with E-state index in [1.54, 1.807) is 31.8 Å². The number of hydrogen-bond acceptors (Lipinski definition) is 6. The summed E-state index contributed by atoms with van der Waals surface area (Å²) in [5.74, 6) is 1.24. The quantitative estimate of drug-likeness (QED) is 0.564. The third-order valence-electron chi connectivity index (χ3n) is 6.76. The fraction of sp³-hybridized carbons (Fsp3) is 0.583. The maximum atomic E-state index is 13.6. The van der Waals surface area contributed by atoms with Crippen molar-refractivity contribution < 1.29 is 22.7 Å². The molecule has 0 aliphatic carbocycles. The van der Waals surface area contributed by atoms with Crippen molar-refractivity contribution in [1.82, 2.24) is 18.8 Å². The van der Waals surface area contributed by atoms with Gasteiger partial charge in [-0.3, -0.25) is 4.79 Å². The summed E-state index contributed by atoms with van der Waals surface area (Å²) in [6.45, 7) is 4.13. The molecule has 186 valence electrons. The fourth-order valence-corrected chi connectivity index (χ4v) is 6.14. The minimum atomic E-state index is -3.67. The van der Waals surface area contributed by atoms with Crippen molar-refractivity contribution in [3.63, 3.8) is 0 Å². The summed E-state index contributed by atoms with van der Waals surface area (Å²) < 4.78 is 40.3. The number of methoxy groups -OCH3 is 1. The van der Waals surface area contributed by atoms with Crippen LogP contribution >= 0.6 is 0 Å². The van der Waals surface area contributed by atoms with Crippen LogP contribution in [0.25, 0.3) is 0 Å². The van der Waals surface area contributed by atoms with Gasteiger partial charge in [0.05, 0.1) is 13.2 Å². The molecule has 0 spiro atoms. The molecule has 9 nitrogen and oxygen atoms in total. The highest BCUT2D eigenvalue weighted by atomic mass is 32.2. The first kappa shape index (κ1) is 24.7. The number of hydrogen-bond donors (Lipinski definition) is 0. The summed E-state index contributed by atoms with van der Waals surface area (Å²) in [6.07, 6.45) is 4.52. The van der Waals surface area contributed by atoms with E-state index in [0.717, 1.165) is 30.8 Å². The molecule has 2 aliphatic rings. The lowest BCUT2D eigenvalue weighted by molar-refractivity contribution is -0.139. The van der Waals surface area contributed by atoms with Gasteiger partial charge in [0, 0.05) is 51.9 Å². The lowest BCUT2D eigenvalue weighted by atomic mass is 9.96. The SMILES string of the molecule is COc1cccc(CN(CC2CCCO2)C(=O)C2CCN(S(=O)(=O)c3cn(C)c(C)n3)CC2)c1. The van der Waals surface area contributed by atoms with Crippen LogP contribution in [0, 0.1) is 12.8 Å². The van der Waals surface area contributed by atoms with E-state index in [0.29, 0.717) is 44.8 Å². The molecule has 2 fully saturated rings. The second-order valence-electron chi connectivity index (χ2n) is 9.12. The largest absolute Gasteiger partial charge is 0.497 e. The first-order valence-electron chi connectivity index (χ1n) is 11.8. The smallest absolute Gasteiger partial charge is 0.262 e. The van der Waals surface area contributed by atoms with Gasteiger partial charge in [-0.25, -0.2) is 13.4 Å². The van der Waals surface area contributed by atoms with Crippen molar-refractivity contribution >= 4 is 15.9 Å². The lowest BCUT2D eigenvalue weighted by Crippen LogP contribution is -2.46. The molecule has 10 heteroatoms. The normalized spacial score (nSPS) is 19.9. The van der Waals surface area contributed by atoms with Gasteiger partial charge in [0.25, 0.3) is 10.0 Å². The van der Waals surface area contributed by atoms with Gasteiger partial charge in [0.15, 0.2) is 5.03 Å². The molecule has 34 heavy (non-hydrogen) atoms. The minimum Gasteiger partial charge on any atom is -0.497 e. The number of carbonyl (C=O) groups is 1. The van der Waals surface area contributed by atoms with Gasteiger partial charge < -0.3 is 18.9 Å². The van der Waals surface area contributed by atoms with Gasteiger partial charge >= 0.3 is 0 Å². The molecule has 4 rings (SSSR count). The van der Waals surface area contributed by atoms with Crippen LogP contribution in [-0.4, -0.2) is 72.5 Å². The molecule has 1 aromatic heterocycles. The highest BCUT2D eigenvalue weighted by Gasteiger charge is 2.35. The van der Waals surface area contributed by atoms with Crippen molar-refractivity contribution in [2.75, 3.05) is 33.4 Å². The number of ether oxygens (including phenoxy) is 2. The molecule has 1 aromatic carbocycles. The molecule has 0 saturated carbocycles. The Morgan fingerprint density at radius 2 is 2.03 bits per heavy atom. The summed E-state index contributed by atoms with van der Waals surface area (Å²) in [5.41, 5.74) is 0.997. The molecule has 1 amide bonds. The number of benzene rings is 1. The molecular formula is C24H34N4O5S. The highest BCUT2D eigenvalue weighted by Crippen LogP contribution is 2.27. The molecule has 2 aliphatic heterocycles. The first-order chi connectivity index (χ1) is 16.3. The monoisotopic (exact) mass is 490 g/mol. The molecular weight excluding hydrogens is 456 g/mol. The van der Waals surface area contributed by atoms with Gasteiger partial charge in [-0.15, -0.1) is 0 Å². The van der Waals surface area contributed by atoms with E-state index in [2.05, 4.69) is 4.98 Å². The standard InChI is InChI=1S/C24H34N4O5S/c1-18-25-23(17-26(18)2)34(30,31)28-11-9-20(10-12-28)24(29)27(16-22-8-5-13-33-22)15-19-6-4-7-21(14-19)32-3/h4,6-7,14,17,20,22H,5,8-13,15-16H2,1-3H3. The second-order valence-corrected chi connectivity index (χ2v) is 11.0. The van der Waals surface area contributed by atoms with Crippen molar-refractivity contribution in [2.24, 2.45) is 13.0 Å². The Morgan fingerprint density at radius 3 is 2.65 bits per heavy atom. The fourth-order valence-electron chi connectivity index (χ4n) is 4.64. The Hall–Kier alpha value is -2.43. The summed E-state index contributed by atoms with van der Waals surface area (Å²) >= 11 is 0. The molecule has 0 bridgehead atoms. The van der Waals surface area contributed by atoms with E-state index in [9.17, 15) is 13.2 Å². The van der Waals surface area contributed by atoms with Crippen molar-refractivity contribution in [2.45, 2.75) is 50.3 Å². The molecule has 0 radical (unpaired) electrons. The number of aromatic nitrogens is 2. The van der Waals surface area contributed by atoms with Crippen LogP contribution in [0.15, 0.2) is 35.5 Å². The summed E-state index contributed by atoms with van der Waals surface area (Å²) in [4.78, 5) is 19.6. The summed E-state index contributed by atoms with van der Waals surface area (Å²) in [5, 5.41) is 0.0651. The van der Waals surface area contributed by atoms with Crippen LogP contribution in [0.4, 0.5) is 0 Å². The Kier molecular flexibility index (Phi) is 7.59. The minimum absolute atomic E-state index is 0.0439. The van der Waals surface area contributed by atoms with Gasteiger partial charge in [-0.2, -0.15) is 4.31 Å².